The molecule has 0 radical (unpaired) electrons. The number of carboxylic acids is 1. The van der Waals surface area contributed by atoms with Crippen LogP contribution in [-0.2, 0) is 11.3 Å². The Labute approximate surface area is 103 Å². The number of rotatable bonds is 4. The van der Waals surface area contributed by atoms with Gasteiger partial charge in [-0.25, -0.2) is 4.79 Å². The van der Waals surface area contributed by atoms with Gasteiger partial charge in [-0.1, -0.05) is 27.7 Å². The van der Waals surface area contributed by atoms with Crippen LogP contribution in [0.4, 0.5) is 0 Å². The van der Waals surface area contributed by atoms with Gasteiger partial charge in [0.1, 0.15) is 0 Å². The molecule has 17 heavy (non-hydrogen) atoms. The van der Waals surface area contributed by atoms with E-state index in [4.69, 9.17) is 5.11 Å². The van der Waals surface area contributed by atoms with Crippen LogP contribution in [0.5, 0.6) is 0 Å². The second-order valence-corrected chi connectivity index (χ2v) is 5.17. The molecule has 0 saturated heterocycles. The zero-order valence-corrected chi connectivity index (χ0v) is 11.3. The van der Waals surface area contributed by atoms with Gasteiger partial charge in [0.25, 0.3) is 0 Å². The smallest absolute Gasteiger partial charge is 0.370 e. The van der Waals surface area contributed by atoms with Crippen molar-refractivity contribution in [1.82, 2.24) is 0 Å². The Morgan fingerprint density at radius 3 is 1.88 bits per heavy atom. The first-order valence-corrected chi connectivity index (χ1v) is 6.09. The van der Waals surface area contributed by atoms with Gasteiger partial charge < -0.3 is 5.11 Å². The van der Waals surface area contributed by atoms with Crippen LogP contribution in [-0.4, -0.2) is 11.1 Å². The average molecular weight is 236 g/mol. The van der Waals surface area contributed by atoms with E-state index in [9.17, 15) is 4.79 Å². The number of carboxylic acid groups (broad SMARTS) is 1. The molecule has 0 atom stereocenters. The van der Waals surface area contributed by atoms with Crippen LogP contribution in [0.15, 0.2) is 12.1 Å². The van der Waals surface area contributed by atoms with E-state index in [-0.39, 0.29) is 6.54 Å². The van der Waals surface area contributed by atoms with Gasteiger partial charge in [-0.15, -0.1) is 0 Å². The number of nitrogens with zero attached hydrogens (tertiary/aromatic N) is 1. The van der Waals surface area contributed by atoms with Crippen molar-refractivity contribution < 1.29 is 14.5 Å². The SMILES string of the molecule is Cc1cc(C(C)C)[n+](CC(=O)O)c(C(C)C)c1. The van der Waals surface area contributed by atoms with E-state index in [0.29, 0.717) is 11.8 Å². The second kappa shape index (κ2) is 5.30. The highest BCUT2D eigenvalue weighted by atomic mass is 16.4. The van der Waals surface area contributed by atoms with Crippen LogP contribution >= 0.6 is 0 Å². The standard InChI is InChI=1S/C14H21NO2/c1-9(2)12-6-11(5)7-13(10(3)4)15(12)8-14(16)17/h6-7,9-10H,8H2,1-5H3/p+1. The van der Waals surface area contributed by atoms with Gasteiger partial charge in [-0.2, -0.15) is 4.57 Å². The first-order valence-electron chi connectivity index (χ1n) is 6.09. The Bertz CT molecular complexity index is 393. The lowest BCUT2D eigenvalue weighted by Crippen LogP contribution is -2.46. The number of carbonyl (C=O) groups is 1. The van der Waals surface area contributed by atoms with Crippen molar-refractivity contribution in [3.63, 3.8) is 0 Å². The third kappa shape index (κ3) is 3.29. The van der Waals surface area contributed by atoms with Crippen molar-refractivity contribution in [2.75, 3.05) is 0 Å². The van der Waals surface area contributed by atoms with Crippen LogP contribution in [0, 0.1) is 6.92 Å². The fraction of sp³-hybridized carbons (Fsp3) is 0.571. The summed E-state index contributed by atoms with van der Waals surface area (Å²) in [6, 6.07) is 4.17. The number of aromatic nitrogens is 1. The first kappa shape index (κ1) is 13.7. The van der Waals surface area contributed by atoms with Crippen LogP contribution < -0.4 is 4.57 Å². The molecule has 0 unspecified atom stereocenters. The van der Waals surface area contributed by atoms with Crippen molar-refractivity contribution in [1.29, 1.82) is 0 Å². The number of hydrogen-bond donors (Lipinski definition) is 1. The molecule has 94 valence electrons. The van der Waals surface area contributed by atoms with Crippen molar-refractivity contribution >= 4 is 5.97 Å². The molecule has 0 saturated carbocycles. The molecule has 1 N–H and O–H groups in total. The van der Waals surface area contributed by atoms with Gasteiger partial charge in [0.05, 0.1) is 0 Å². The van der Waals surface area contributed by atoms with Crippen LogP contribution in [0.25, 0.3) is 0 Å². The van der Waals surface area contributed by atoms with E-state index in [1.54, 1.807) is 0 Å². The molecule has 0 bridgehead atoms. The maximum atomic E-state index is 11.0. The third-order valence-corrected chi connectivity index (χ3v) is 2.85. The molecule has 1 aromatic rings. The summed E-state index contributed by atoms with van der Waals surface area (Å²) in [7, 11) is 0. The summed E-state index contributed by atoms with van der Waals surface area (Å²) in [5, 5.41) is 9.03. The summed E-state index contributed by atoms with van der Waals surface area (Å²) >= 11 is 0. The fourth-order valence-electron chi connectivity index (χ4n) is 2.09. The van der Waals surface area contributed by atoms with Gasteiger partial charge in [-0.3, -0.25) is 0 Å². The molecule has 0 aliphatic rings. The third-order valence-electron chi connectivity index (χ3n) is 2.85. The van der Waals surface area contributed by atoms with Crippen LogP contribution in [0.1, 0.15) is 56.5 Å². The first-order chi connectivity index (χ1) is 7.82. The Kier molecular flexibility index (Phi) is 4.27. The molecule has 0 aliphatic carbocycles. The summed E-state index contributed by atoms with van der Waals surface area (Å²) in [5.41, 5.74) is 3.38. The van der Waals surface area contributed by atoms with Gasteiger partial charge in [0, 0.05) is 24.0 Å². The quantitative estimate of drug-likeness (QED) is 0.816. The van der Waals surface area contributed by atoms with Crippen LogP contribution in [0.3, 0.4) is 0 Å². The average Bonchev–Trinajstić information content (AvgIpc) is 2.18. The molecule has 0 fully saturated rings. The Morgan fingerprint density at radius 2 is 1.59 bits per heavy atom. The molecule has 0 amide bonds. The minimum absolute atomic E-state index is 0.0430. The lowest BCUT2D eigenvalue weighted by molar-refractivity contribution is -0.702. The Balaban J connectivity index is 3.41. The highest BCUT2D eigenvalue weighted by molar-refractivity contribution is 5.64. The molecule has 3 nitrogen and oxygen atoms in total. The Morgan fingerprint density at radius 1 is 1.18 bits per heavy atom. The van der Waals surface area contributed by atoms with Crippen molar-refractivity contribution in [2.45, 2.75) is 53.0 Å². The lowest BCUT2D eigenvalue weighted by Gasteiger charge is -2.13. The summed E-state index contributed by atoms with van der Waals surface area (Å²) in [6.07, 6.45) is 0. The van der Waals surface area contributed by atoms with E-state index in [1.807, 2.05) is 4.57 Å². The summed E-state index contributed by atoms with van der Waals surface area (Å²) in [6.45, 7) is 10.5. The second-order valence-electron chi connectivity index (χ2n) is 5.17. The van der Waals surface area contributed by atoms with Crippen molar-refractivity contribution in [3.8, 4) is 0 Å². The van der Waals surface area contributed by atoms with Crippen molar-refractivity contribution in [2.24, 2.45) is 0 Å². The maximum Gasteiger partial charge on any atom is 0.370 e. The minimum atomic E-state index is -0.789. The topological polar surface area (TPSA) is 41.2 Å². The number of aryl methyl sites for hydroxylation is 1. The maximum absolute atomic E-state index is 11.0. The number of aliphatic carboxylic acids is 1. The van der Waals surface area contributed by atoms with E-state index in [2.05, 4.69) is 46.8 Å². The van der Waals surface area contributed by atoms with Gasteiger partial charge >= 0.3 is 5.97 Å². The monoisotopic (exact) mass is 236 g/mol. The zero-order chi connectivity index (χ0) is 13.2. The number of hydrogen-bond acceptors (Lipinski definition) is 1. The van der Waals surface area contributed by atoms with Crippen molar-refractivity contribution in [3.05, 3.63) is 29.1 Å². The Hall–Kier alpha value is -1.38. The molecule has 0 aromatic carbocycles. The molecule has 1 aromatic heterocycles. The van der Waals surface area contributed by atoms with Crippen LogP contribution in [0.2, 0.25) is 0 Å². The fourth-order valence-corrected chi connectivity index (χ4v) is 2.09. The molecule has 0 spiro atoms. The van der Waals surface area contributed by atoms with E-state index < -0.39 is 5.97 Å². The molecule has 1 heterocycles. The summed E-state index contributed by atoms with van der Waals surface area (Å²) in [4.78, 5) is 11.0. The van der Waals surface area contributed by atoms with Gasteiger partial charge in [0.2, 0.25) is 6.54 Å². The summed E-state index contributed by atoms with van der Waals surface area (Å²) < 4.78 is 1.94. The van der Waals surface area contributed by atoms with E-state index in [0.717, 1.165) is 11.4 Å². The highest BCUT2D eigenvalue weighted by Crippen LogP contribution is 2.17. The normalized spacial score (nSPS) is 11.2. The number of pyridine rings is 1. The van der Waals surface area contributed by atoms with E-state index >= 15 is 0 Å². The predicted octanol–water partition coefficient (Wildman–Crippen LogP) is 2.61. The molecular formula is C14H22NO2+. The highest BCUT2D eigenvalue weighted by Gasteiger charge is 2.24. The molecular weight excluding hydrogens is 214 g/mol. The minimum Gasteiger partial charge on any atom is -0.477 e. The molecule has 0 aliphatic heterocycles. The van der Waals surface area contributed by atoms with Gasteiger partial charge in [-0.05, 0) is 12.5 Å². The van der Waals surface area contributed by atoms with E-state index in [1.165, 1.54) is 5.56 Å². The largest absolute Gasteiger partial charge is 0.477 e. The molecule has 3 heteroatoms. The predicted molar refractivity (Wildman–Crippen MR) is 67.2 cm³/mol. The molecule has 1 rings (SSSR count). The lowest BCUT2D eigenvalue weighted by atomic mass is 10.0. The summed E-state index contributed by atoms with van der Waals surface area (Å²) in [5.74, 6) is -0.138. The zero-order valence-electron chi connectivity index (χ0n) is 11.3. The van der Waals surface area contributed by atoms with Gasteiger partial charge in [0.15, 0.2) is 11.4 Å².